The topological polar surface area (TPSA) is 119 Å². The first kappa shape index (κ1) is 25.4. The second kappa shape index (κ2) is 9.96. The molecule has 2 N–H and O–H groups in total. The van der Waals surface area contributed by atoms with E-state index in [1.54, 1.807) is 12.1 Å². The van der Waals surface area contributed by atoms with Gasteiger partial charge in [-0.3, -0.25) is 4.18 Å². The molecule has 0 aliphatic heterocycles. The van der Waals surface area contributed by atoms with Gasteiger partial charge in [-0.05, 0) is 78.1 Å². The maximum absolute atomic E-state index is 12.4. The first-order valence-corrected chi connectivity index (χ1v) is 13.7. The smallest absolute Gasteiger partial charge is 0.308 e. The van der Waals surface area contributed by atoms with E-state index in [0.29, 0.717) is 16.9 Å². The van der Waals surface area contributed by atoms with Crippen molar-refractivity contribution in [1.29, 1.82) is 0 Å². The molecule has 3 rings (SSSR count). The van der Waals surface area contributed by atoms with Crippen molar-refractivity contribution in [3.8, 4) is 11.1 Å². The van der Waals surface area contributed by atoms with Gasteiger partial charge in [-0.2, -0.15) is 8.42 Å². The highest BCUT2D eigenvalue weighted by Crippen LogP contribution is 2.31. The Bertz CT molecular complexity index is 1410. The molecule has 0 fully saturated rings. The molecule has 0 saturated heterocycles. The fourth-order valence-corrected chi connectivity index (χ4v) is 4.99. The predicted octanol–water partition coefficient (Wildman–Crippen LogP) is 4.49. The molecule has 34 heavy (non-hydrogen) atoms. The molecule has 8 nitrogen and oxygen atoms in total. The molecule has 0 spiro atoms. The van der Waals surface area contributed by atoms with Crippen molar-refractivity contribution in [3.63, 3.8) is 0 Å². The predicted molar refractivity (Wildman–Crippen MR) is 133 cm³/mol. The minimum absolute atomic E-state index is 0.171. The zero-order chi connectivity index (χ0) is 25.1. The van der Waals surface area contributed by atoms with Crippen molar-refractivity contribution in [2.75, 3.05) is 24.0 Å². The summed E-state index contributed by atoms with van der Waals surface area (Å²) in [6.07, 6.45) is 1.12. The molecule has 3 aromatic rings. The minimum atomic E-state index is -3.63. The summed E-state index contributed by atoms with van der Waals surface area (Å²) in [5.41, 5.74) is 5.26. The Morgan fingerprint density at radius 3 is 2.00 bits per heavy atom. The molecule has 0 heterocycles. The van der Waals surface area contributed by atoms with Gasteiger partial charge < -0.3 is 10.6 Å². The number of aryl methyl sites for hydroxylation is 2. The largest absolute Gasteiger partial charge is 0.323 e. The molecule has 10 heteroatoms. The number of urea groups is 1. The third-order valence-electron chi connectivity index (χ3n) is 5.14. The molecule has 0 atom stereocenters. The molecule has 0 aliphatic carbocycles. The summed E-state index contributed by atoms with van der Waals surface area (Å²) < 4.78 is 51.3. The normalized spacial score (nSPS) is 11.8. The zero-order valence-corrected chi connectivity index (χ0v) is 20.9. The number of rotatable bonds is 7. The summed E-state index contributed by atoms with van der Waals surface area (Å²) in [7, 11) is -5.80. The van der Waals surface area contributed by atoms with Crippen molar-refractivity contribution >= 4 is 37.4 Å². The van der Waals surface area contributed by atoms with Crippen LogP contribution in [0.5, 0.6) is 0 Å². The minimum Gasteiger partial charge on any atom is -0.308 e. The number of amides is 2. The van der Waals surface area contributed by atoms with Crippen LogP contribution >= 0.6 is 0 Å². The number of carbonyl (C=O) groups is 1. The number of benzene rings is 3. The Morgan fingerprint density at radius 2 is 1.44 bits per heavy atom. The van der Waals surface area contributed by atoms with Gasteiger partial charge in [-0.1, -0.05) is 24.3 Å². The van der Waals surface area contributed by atoms with E-state index in [2.05, 4.69) is 14.8 Å². The van der Waals surface area contributed by atoms with Crippen molar-refractivity contribution in [2.45, 2.75) is 24.5 Å². The molecule has 0 aromatic heterocycles. The first-order chi connectivity index (χ1) is 15.9. The van der Waals surface area contributed by atoms with Gasteiger partial charge in [0.15, 0.2) is 9.84 Å². The lowest BCUT2D eigenvalue weighted by molar-refractivity contribution is 0.262. The molecular formula is C24H26N2O6S2. The number of sulfone groups is 1. The van der Waals surface area contributed by atoms with E-state index in [1.165, 1.54) is 24.3 Å². The van der Waals surface area contributed by atoms with Crippen molar-refractivity contribution in [3.05, 3.63) is 77.4 Å². The van der Waals surface area contributed by atoms with Crippen molar-refractivity contribution in [1.82, 2.24) is 0 Å². The van der Waals surface area contributed by atoms with Crippen LogP contribution in [-0.4, -0.2) is 36.2 Å². The van der Waals surface area contributed by atoms with Crippen LogP contribution in [0.1, 0.15) is 16.7 Å². The molecule has 0 unspecified atom stereocenters. The Morgan fingerprint density at radius 1 is 0.853 bits per heavy atom. The average molecular weight is 503 g/mol. The molecule has 2 amide bonds. The third-order valence-corrected chi connectivity index (χ3v) is 7.47. The van der Waals surface area contributed by atoms with E-state index >= 15 is 0 Å². The standard InChI is InChI=1S/C24H26N2O6S2/c1-16-12-21(26-24(27)25-20-8-10-22(11-9-20)33(4,28)29)13-17(2)23(16)19-7-5-6-18(14-19)15-34(30,31)32-3/h5-14H,15H2,1-4H3,(H2,25,26,27). The van der Waals surface area contributed by atoms with Crippen LogP contribution in [0, 0.1) is 13.8 Å². The van der Waals surface area contributed by atoms with Crippen LogP contribution < -0.4 is 10.6 Å². The Labute approximate surface area is 200 Å². The summed E-state index contributed by atoms with van der Waals surface area (Å²) in [4.78, 5) is 12.6. The summed E-state index contributed by atoms with van der Waals surface area (Å²) in [5, 5.41) is 5.46. The monoisotopic (exact) mass is 502 g/mol. The van der Waals surface area contributed by atoms with Crippen molar-refractivity contribution in [2.24, 2.45) is 0 Å². The van der Waals surface area contributed by atoms with Gasteiger partial charge in [-0.25, -0.2) is 13.2 Å². The van der Waals surface area contributed by atoms with Gasteiger partial charge >= 0.3 is 6.03 Å². The summed E-state index contributed by atoms with van der Waals surface area (Å²) >= 11 is 0. The van der Waals surface area contributed by atoms with Gasteiger partial charge in [0, 0.05) is 17.6 Å². The Kier molecular flexibility index (Phi) is 7.44. The molecule has 180 valence electrons. The van der Waals surface area contributed by atoms with E-state index in [0.717, 1.165) is 35.6 Å². The van der Waals surface area contributed by atoms with Gasteiger partial charge in [0.1, 0.15) is 5.75 Å². The first-order valence-electron chi connectivity index (χ1n) is 10.2. The van der Waals surface area contributed by atoms with E-state index in [-0.39, 0.29) is 10.6 Å². The lowest BCUT2D eigenvalue weighted by atomic mass is 9.94. The molecule has 0 saturated carbocycles. The number of hydrogen-bond donors (Lipinski definition) is 2. The highest BCUT2D eigenvalue weighted by molar-refractivity contribution is 7.90. The van der Waals surface area contributed by atoms with Crippen LogP contribution in [0.15, 0.2) is 65.6 Å². The molecular weight excluding hydrogens is 476 g/mol. The molecule has 0 aliphatic rings. The van der Waals surface area contributed by atoms with Crippen LogP contribution in [-0.2, 0) is 29.9 Å². The van der Waals surface area contributed by atoms with Crippen LogP contribution in [0.4, 0.5) is 16.2 Å². The van der Waals surface area contributed by atoms with E-state index in [1.807, 2.05) is 38.1 Å². The number of carbonyl (C=O) groups excluding carboxylic acids is 1. The highest BCUT2D eigenvalue weighted by Gasteiger charge is 2.14. The van der Waals surface area contributed by atoms with E-state index in [4.69, 9.17) is 0 Å². The summed E-state index contributed by atoms with van der Waals surface area (Å²) in [5.74, 6) is -0.222. The highest BCUT2D eigenvalue weighted by atomic mass is 32.2. The van der Waals surface area contributed by atoms with Crippen LogP contribution in [0.2, 0.25) is 0 Å². The number of hydrogen-bond acceptors (Lipinski definition) is 6. The quantitative estimate of drug-likeness (QED) is 0.460. The summed E-state index contributed by atoms with van der Waals surface area (Å²) in [6, 6.07) is 16.3. The van der Waals surface area contributed by atoms with E-state index < -0.39 is 26.0 Å². The fourth-order valence-electron chi connectivity index (χ4n) is 3.65. The van der Waals surface area contributed by atoms with Gasteiger partial charge in [-0.15, -0.1) is 0 Å². The summed E-state index contributed by atoms with van der Waals surface area (Å²) in [6.45, 7) is 3.82. The van der Waals surface area contributed by atoms with Gasteiger partial charge in [0.2, 0.25) is 0 Å². The SMILES string of the molecule is COS(=O)(=O)Cc1cccc(-c2c(C)cc(NC(=O)Nc3ccc(S(C)(=O)=O)cc3)cc2C)c1. The van der Waals surface area contributed by atoms with Gasteiger partial charge in [0.05, 0.1) is 12.0 Å². The van der Waals surface area contributed by atoms with Crippen molar-refractivity contribution < 1.29 is 25.8 Å². The molecule has 0 bridgehead atoms. The average Bonchev–Trinajstić information content (AvgIpc) is 2.73. The third kappa shape index (κ3) is 6.43. The zero-order valence-electron chi connectivity index (χ0n) is 19.2. The van der Waals surface area contributed by atoms with Crippen LogP contribution in [0.25, 0.3) is 11.1 Å². The van der Waals surface area contributed by atoms with E-state index in [9.17, 15) is 21.6 Å². The lowest BCUT2D eigenvalue weighted by Crippen LogP contribution is -2.19. The second-order valence-corrected chi connectivity index (χ2v) is 11.7. The Hall–Kier alpha value is -3.21. The lowest BCUT2D eigenvalue weighted by Gasteiger charge is -2.15. The van der Waals surface area contributed by atoms with Gasteiger partial charge in [0.25, 0.3) is 10.1 Å². The fraction of sp³-hybridized carbons (Fsp3) is 0.208. The van der Waals surface area contributed by atoms with Crippen LogP contribution in [0.3, 0.4) is 0 Å². The Balaban J connectivity index is 1.77. The molecule has 3 aromatic carbocycles. The maximum atomic E-state index is 12.4. The number of nitrogens with one attached hydrogen (secondary N) is 2. The maximum Gasteiger partial charge on any atom is 0.323 e. The number of anilines is 2. The second-order valence-electron chi connectivity index (χ2n) is 7.93. The molecule has 0 radical (unpaired) electrons.